The van der Waals surface area contributed by atoms with Crippen molar-refractivity contribution in [3.8, 4) is 0 Å². The van der Waals surface area contributed by atoms with Gasteiger partial charge in [-0.2, -0.15) is 0 Å². The first-order chi connectivity index (χ1) is 11.6. The van der Waals surface area contributed by atoms with E-state index in [9.17, 15) is 25.9 Å². The van der Waals surface area contributed by atoms with E-state index in [1.807, 2.05) is 0 Å². The Morgan fingerprint density at radius 2 is 1.00 bits per heavy atom. The number of halogens is 2. The number of nitrogen functional groups attached to an aromatic ring is 2. The molecule has 0 aromatic heterocycles. The third kappa shape index (κ3) is 7.11. The fraction of sp³-hybridized carbons (Fsp3) is 0.143. The summed E-state index contributed by atoms with van der Waals surface area (Å²) in [5.74, 6) is 0. The molecule has 0 atom stereocenters. The molecule has 0 heterocycles. The third-order valence-corrected chi connectivity index (χ3v) is 5.89. The Labute approximate surface area is 177 Å². The number of nitrogens with two attached hydrogens (primary N) is 2. The van der Waals surface area contributed by atoms with Crippen molar-refractivity contribution < 1.29 is 42.4 Å². The van der Waals surface area contributed by atoms with Crippen LogP contribution < -0.4 is 11.5 Å². The first kappa shape index (κ1) is 25.9. The molecular formula is C14H14Cl2N2NiO6S2. The maximum Gasteiger partial charge on any atom is 2.00 e. The van der Waals surface area contributed by atoms with Crippen molar-refractivity contribution in [2.75, 3.05) is 11.5 Å². The molecule has 2 aromatic rings. The maximum absolute atomic E-state index is 10.7. The average molecular weight is 500 g/mol. The Bertz CT molecular complexity index is 974. The minimum atomic E-state index is -4.49. The molecule has 152 valence electrons. The molecule has 8 nitrogen and oxygen atoms in total. The maximum atomic E-state index is 10.7. The second-order valence-electron chi connectivity index (χ2n) is 5.16. The van der Waals surface area contributed by atoms with Gasteiger partial charge >= 0.3 is 16.5 Å². The molecule has 0 spiro atoms. The Morgan fingerprint density at radius 1 is 0.741 bits per heavy atom. The zero-order valence-corrected chi connectivity index (χ0v) is 17.9. The Hall–Kier alpha value is -1.07. The summed E-state index contributed by atoms with van der Waals surface area (Å²) < 4.78 is 64.1. The van der Waals surface area contributed by atoms with Crippen LogP contribution in [0.1, 0.15) is 11.1 Å². The molecule has 0 unspecified atom stereocenters. The molecule has 2 aromatic carbocycles. The van der Waals surface area contributed by atoms with Crippen LogP contribution in [0.4, 0.5) is 11.4 Å². The normalized spacial score (nSPS) is 11.2. The first-order valence-corrected chi connectivity index (χ1v) is 10.2. The van der Waals surface area contributed by atoms with Crippen molar-refractivity contribution in [2.24, 2.45) is 0 Å². The van der Waals surface area contributed by atoms with Crippen molar-refractivity contribution in [3.05, 3.63) is 45.4 Å². The standard InChI is InChI=1S/2C7H8ClNO3S.Ni/c2*1-4-6(8)2-5(9)3-7(4)13(10,11)12;/h2*2-3H,9H2,1H3,(H,10,11,12);/q;;+2/p-2. The van der Waals surface area contributed by atoms with Crippen molar-refractivity contribution in [2.45, 2.75) is 23.6 Å². The quantitative estimate of drug-likeness (QED) is 0.360. The van der Waals surface area contributed by atoms with E-state index in [1.54, 1.807) is 0 Å². The molecule has 0 saturated carbocycles. The molecule has 0 saturated heterocycles. The van der Waals surface area contributed by atoms with Gasteiger partial charge in [0.25, 0.3) is 0 Å². The second kappa shape index (κ2) is 9.42. The molecule has 2 rings (SSSR count). The average Bonchev–Trinajstić information content (AvgIpc) is 2.45. The largest absolute Gasteiger partial charge is 2.00 e. The van der Waals surface area contributed by atoms with Crippen LogP contribution in [0.15, 0.2) is 34.1 Å². The molecule has 13 heteroatoms. The smallest absolute Gasteiger partial charge is 0.744 e. The van der Waals surface area contributed by atoms with Gasteiger partial charge in [0.15, 0.2) is 0 Å². The molecule has 0 bridgehead atoms. The van der Waals surface area contributed by atoms with E-state index < -0.39 is 20.2 Å². The molecule has 0 aliphatic carbocycles. The molecule has 0 amide bonds. The summed E-state index contributed by atoms with van der Waals surface area (Å²) in [6.45, 7) is 2.90. The predicted molar refractivity (Wildman–Crippen MR) is 97.1 cm³/mol. The zero-order chi connectivity index (χ0) is 20.4. The summed E-state index contributed by atoms with van der Waals surface area (Å²) in [5, 5.41) is 0.351. The molecule has 0 aliphatic rings. The monoisotopic (exact) mass is 498 g/mol. The van der Waals surface area contributed by atoms with Gasteiger partial charge in [-0.25, -0.2) is 16.8 Å². The Balaban J connectivity index is 0.000000483. The van der Waals surface area contributed by atoms with Crippen LogP contribution in [-0.4, -0.2) is 25.9 Å². The summed E-state index contributed by atoms with van der Waals surface area (Å²) in [7, 11) is -8.99. The zero-order valence-electron chi connectivity index (χ0n) is 13.8. The van der Waals surface area contributed by atoms with Gasteiger partial charge in [0.1, 0.15) is 20.2 Å². The molecule has 0 radical (unpaired) electrons. The van der Waals surface area contributed by atoms with Crippen molar-refractivity contribution in [1.29, 1.82) is 0 Å². The molecule has 4 N–H and O–H groups in total. The van der Waals surface area contributed by atoms with E-state index >= 15 is 0 Å². The van der Waals surface area contributed by atoms with E-state index in [0.717, 1.165) is 12.1 Å². The van der Waals surface area contributed by atoms with Gasteiger partial charge in [-0.3, -0.25) is 0 Å². The molecule has 0 aliphatic heterocycles. The summed E-state index contributed by atoms with van der Waals surface area (Å²) in [6, 6.07) is 4.99. The SMILES string of the molecule is Cc1c(Cl)cc(N)cc1S(=O)(=O)[O-].Cc1c(Cl)cc(N)cc1S(=O)(=O)[O-].[Ni+2]. The van der Waals surface area contributed by atoms with E-state index in [-0.39, 0.29) is 58.8 Å². The summed E-state index contributed by atoms with van der Waals surface area (Å²) in [5.41, 5.74) is 11.4. The topological polar surface area (TPSA) is 166 Å². The summed E-state index contributed by atoms with van der Waals surface area (Å²) in [4.78, 5) is -0.727. The molecular weight excluding hydrogens is 486 g/mol. The van der Waals surface area contributed by atoms with Crippen LogP contribution in [0.3, 0.4) is 0 Å². The van der Waals surface area contributed by atoms with E-state index in [1.165, 1.54) is 26.0 Å². The van der Waals surface area contributed by atoms with Gasteiger partial charge in [0, 0.05) is 21.4 Å². The summed E-state index contributed by atoms with van der Waals surface area (Å²) in [6.07, 6.45) is 0. The second-order valence-corrected chi connectivity index (χ2v) is 8.67. The fourth-order valence-corrected chi connectivity index (χ4v) is 3.96. The van der Waals surface area contributed by atoms with Crippen molar-refractivity contribution in [1.82, 2.24) is 0 Å². The number of benzene rings is 2. The van der Waals surface area contributed by atoms with Crippen LogP contribution in [0, 0.1) is 13.8 Å². The number of anilines is 2. The van der Waals surface area contributed by atoms with Gasteiger partial charge in [0.2, 0.25) is 0 Å². The minimum absolute atomic E-state index is 0. The Morgan fingerprint density at radius 3 is 1.22 bits per heavy atom. The minimum Gasteiger partial charge on any atom is -0.744 e. The van der Waals surface area contributed by atoms with Crippen LogP contribution in [0.2, 0.25) is 10.0 Å². The third-order valence-electron chi connectivity index (χ3n) is 3.18. The Kier molecular flexibility index (Phi) is 9.05. The van der Waals surface area contributed by atoms with E-state index in [2.05, 4.69) is 0 Å². The fourth-order valence-electron chi connectivity index (χ4n) is 1.87. The number of rotatable bonds is 2. The number of hydrogen-bond donors (Lipinski definition) is 2. The van der Waals surface area contributed by atoms with E-state index in [4.69, 9.17) is 34.7 Å². The van der Waals surface area contributed by atoms with Gasteiger partial charge in [-0.1, -0.05) is 23.2 Å². The van der Waals surface area contributed by atoms with Gasteiger partial charge in [0.05, 0.1) is 9.79 Å². The van der Waals surface area contributed by atoms with Crippen molar-refractivity contribution in [3.63, 3.8) is 0 Å². The number of hydrogen-bond acceptors (Lipinski definition) is 8. The molecule has 0 fully saturated rings. The van der Waals surface area contributed by atoms with Crippen LogP contribution in [0.5, 0.6) is 0 Å². The van der Waals surface area contributed by atoms with Crippen molar-refractivity contribution >= 4 is 54.8 Å². The van der Waals surface area contributed by atoms with Crippen LogP contribution in [0.25, 0.3) is 0 Å². The summed E-state index contributed by atoms with van der Waals surface area (Å²) >= 11 is 11.3. The van der Waals surface area contributed by atoms with Gasteiger partial charge in [-0.15, -0.1) is 0 Å². The first-order valence-electron chi connectivity index (χ1n) is 6.67. The predicted octanol–water partition coefficient (Wildman–Crippen LogP) is 2.27. The van der Waals surface area contributed by atoms with Crippen LogP contribution >= 0.6 is 23.2 Å². The van der Waals surface area contributed by atoms with Crippen LogP contribution in [-0.2, 0) is 36.7 Å². The van der Waals surface area contributed by atoms with Gasteiger partial charge < -0.3 is 20.6 Å². The van der Waals surface area contributed by atoms with E-state index in [0.29, 0.717) is 0 Å². The van der Waals surface area contributed by atoms with Gasteiger partial charge in [-0.05, 0) is 49.2 Å². The molecule has 27 heavy (non-hydrogen) atoms.